The fourth-order valence-corrected chi connectivity index (χ4v) is 1.87. The van der Waals surface area contributed by atoms with Crippen LogP contribution in [0.25, 0.3) is 6.08 Å². The number of amides is 1. The minimum Gasteiger partial charge on any atom is -0.356 e. The van der Waals surface area contributed by atoms with E-state index in [-0.39, 0.29) is 5.78 Å². The molecular formula is C15H14N2O3. The van der Waals surface area contributed by atoms with Gasteiger partial charge in [0.05, 0.1) is 0 Å². The number of nitrogens with zero attached hydrogens (tertiary/aromatic N) is 1. The number of aryl methyl sites for hydroxylation is 1. The summed E-state index contributed by atoms with van der Waals surface area (Å²) in [5.74, 6) is -0.762. The lowest BCUT2D eigenvalue weighted by molar-refractivity contribution is -0.124. The van der Waals surface area contributed by atoms with Crippen LogP contribution in [0.4, 0.5) is 0 Å². The lowest BCUT2D eigenvalue weighted by Crippen LogP contribution is -2.14. The van der Waals surface area contributed by atoms with Crippen molar-refractivity contribution >= 4 is 17.8 Å². The van der Waals surface area contributed by atoms with Crippen LogP contribution in [-0.2, 0) is 11.8 Å². The van der Waals surface area contributed by atoms with Crippen LogP contribution < -0.4 is 5.48 Å². The SMILES string of the molecule is Cn1cc(/C=C/C(=O)NO)c(C(=O)c2ccccc2)c1. The molecule has 1 heterocycles. The quantitative estimate of drug-likeness (QED) is 0.385. The van der Waals surface area contributed by atoms with Crippen LogP contribution in [-0.4, -0.2) is 21.5 Å². The van der Waals surface area contributed by atoms with Crippen molar-refractivity contribution in [1.29, 1.82) is 0 Å². The molecule has 5 nitrogen and oxygen atoms in total. The van der Waals surface area contributed by atoms with E-state index >= 15 is 0 Å². The second kappa shape index (κ2) is 5.99. The van der Waals surface area contributed by atoms with Gasteiger partial charge >= 0.3 is 0 Å². The van der Waals surface area contributed by atoms with Gasteiger partial charge in [-0.25, -0.2) is 5.48 Å². The number of ketones is 1. The largest absolute Gasteiger partial charge is 0.356 e. The molecule has 2 rings (SSSR count). The minimum atomic E-state index is -0.646. The van der Waals surface area contributed by atoms with Gasteiger partial charge in [-0.15, -0.1) is 0 Å². The van der Waals surface area contributed by atoms with Crippen LogP contribution in [0.3, 0.4) is 0 Å². The number of carbonyl (C=O) groups is 2. The van der Waals surface area contributed by atoms with Crippen molar-refractivity contribution in [2.75, 3.05) is 0 Å². The molecule has 20 heavy (non-hydrogen) atoms. The van der Waals surface area contributed by atoms with Gasteiger partial charge in [0.1, 0.15) is 0 Å². The highest BCUT2D eigenvalue weighted by atomic mass is 16.5. The maximum absolute atomic E-state index is 12.4. The first-order valence-corrected chi connectivity index (χ1v) is 5.99. The highest BCUT2D eigenvalue weighted by Crippen LogP contribution is 2.17. The zero-order valence-corrected chi connectivity index (χ0v) is 10.9. The van der Waals surface area contributed by atoms with Crippen LogP contribution >= 0.6 is 0 Å². The Labute approximate surface area is 116 Å². The van der Waals surface area contributed by atoms with E-state index in [1.54, 1.807) is 48.3 Å². The molecule has 0 fully saturated rings. The van der Waals surface area contributed by atoms with Crippen LogP contribution in [0.2, 0.25) is 0 Å². The second-order valence-corrected chi connectivity index (χ2v) is 4.30. The summed E-state index contributed by atoms with van der Waals surface area (Å²) in [5.41, 5.74) is 3.20. The Balaban J connectivity index is 2.35. The van der Waals surface area contributed by atoms with Crippen LogP contribution in [0.1, 0.15) is 21.5 Å². The van der Waals surface area contributed by atoms with Gasteiger partial charge in [0.15, 0.2) is 5.78 Å². The first kappa shape index (κ1) is 13.8. The predicted molar refractivity (Wildman–Crippen MR) is 74.3 cm³/mol. The van der Waals surface area contributed by atoms with E-state index in [2.05, 4.69) is 0 Å². The predicted octanol–water partition coefficient (Wildman–Crippen LogP) is 1.77. The molecule has 1 amide bonds. The number of hydrogen-bond donors (Lipinski definition) is 2. The number of benzene rings is 1. The van der Waals surface area contributed by atoms with Crippen LogP contribution in [0.5, 0.6) is 0 Å². The third-order valence-electron chi connectivity index (χ3n) is 2.79. The molecule has 5 heteroatoms. The zero-order chi connectivity index (χ0) is 14.5. The highest BCUT2D eigenvalue weighted by molar-refractivity contribution is 6.11. The van der Waals surface area contributed by atoms with Crippen molar-refractivity contribution in [2.24, 2.45) is 7.05 Å². The summed E-state index contributed by atoms with van der Waals surface area (Å²) >= 11 is 0. The molecule has 0 aliphatic rings. The van der Waals surface area contributed by atoms with Crippen molar-refractivity contribution in [2.45, 2.75) is 0 Å². The number of aromatic nitrogens is 1. The molecule has 1 aromatic heterocycles. The van der Waals surface area contributed by atoms with E-state index < -0.39 is 5.91 Å². The van der Waals surface area contributed by atoms with Crippen molar-refractivity contribution in [1.82, 2.24) is 10.0 Å². The van der Waals surface area contributed by atoms with Crippen molar-refractivity contribution in [3.8, 4) is 0 Å². The standard InChI is InChI=1S/C15H14N2O3/c1-17-9-12(7-8-14(18)16-20)13(10-17)15(19)11-5-3-2-4-6-11/h2-10,20H,1H3,(H,16,18)/b8-7+. The van der Waals surface area contributed by atoms with E-state index in [1.807, 2.05) is 6.07 Å². The summed E-state index contributed by atoms with van der Waals surface area (Å²) in [5, 5.41) is 8.45. The molecule has 0 spiro atoms. The molecule has 0 atom stereocenters. The molecule has 0 saturated carbocycles. The van der Waals surface area contributed by atoms with Gasteiger partial charge < -0.3 is 4.57 Å². The molecule has 0 aliphatic heterocycles. The van der Waals surface area contributed by atoms with E-state index in [0.717, 1.165) is 6.08 Å². The van der Waals surface area contributed by atoms with Crippen LogP contribution in [0, 0.1) is 0 Å². The van der Waals surface area contributed by atoms with E-state index in [4.69, 9.17) is 5.21 Å². The molecule has 0 aliphatic carbocycles. The Hall–Kier alpha value is -2.66. The molecule has 2 aromatic rings. The second-order valence-electron chi connectivity index (χ2n) is 4.30. The number of hydroxylamine groups is 1. The van der Waals surface area contributed by atoms with Gasteiger partial charge in [-0.05, 0) is 6.08 Å². The molecule has 0 bridgehead atoms. The third-order valence-corrected chi connectivity index (χ3v) is 2.79. The summed E-state index contributed by atoms with van der Waals surface area (Å²) in [6, 6.07) is 8.91. The Morgan fingerprint density at radius 2 is 1.90 bits per heavy atom. The molecule has 1 aromatic carbocycles. The number of nitrogens with one attached hydrogen (secondary N) is 1. The zero-order valence-electron chi connectivity index (χ0n) is 10.9. The van der Waals surface area contributed by atoms with Gasteiger partial charge in [0.25, 0.3) is 5.91 Å². The maximum Gasteiger partial charge on any atom is 0.267 e. The molecule has 0 unspecified atom stereocenters. The molecule has 0 saturated heterocycles. The fraction of sp³-hybridized carbons (Fsp3) is 0.0667. The summed E-state index contributed by atoms with van der Waals surface area (Å²) in [4.78, 5) is 23.4. The molecule has 0 radical (unpaired) electrons. The summed E-state index contributed by atoms with van der Waals surface area (Å²) < 4.78 is 1.74. The van der Waals surface area contributed by atoms with E-state index in [0.29, 0.717) is 16.7 Å². The van der Waals surface area contributed by atoms with Gasteiger partial charge in [0, 0.05) is 42.2 Å². The first-order valence-electron chi connectivity index (χ1n) is 5.99. The fourth-order valence-electron chi connectivity index (χ4n) is 1.87. The van der Waals surface area contributed by atoms with Gasteiger partial charge in [-0.1, -0.05) is 30.3 Å². The minimum absolute atomic E-state index is 0.116. The lowest BCUT2D eigenvalue weighted by atomic mass is 10.0. The van der Waals surface area contributed by atoms with Crippen molar-refractivity contribution in [3.63, 3.8) is 0 Å². The van der Waals surface area contributed by atoms with Gasteiger partial charge in [0.2, 0.25) is 0 Å². The highest BCUT2D eigenvalue weighted by Gasteiger charge is 2.14. The topological polar surface area (TPSA) is 71.3 Å². The van der Waals surface area contributed by atoms with Crippen molar-refractivity contribution < 1.29 is 14.8 Å². The molecule has 2 N–H and O–H groups in total. The maximum atomic E-state index is 12.4. The van der Waals surface area contributed by atoms with Crippen molar-refractivity contribution in [3.05, 3.63) is 65.5 Å². The normalized spacial score (nSPS) is 10.7. The summed E-state index contributed by atoms with van der Waals surface area (Å²) in [6.07, 6.45) is 6.09. The Morgan fingerprint density at radius 1 is 1.20 bits per heavy atom. The number of carbonyl (C=O) groups excluding carboxylic acids is 2. The van der Waals surface area contributed by atoms with Gasteiger partial charge in [-0.2, -0.15) is 0 Å². The van der Waals surface area contributed by atoms with Crippen LogP contribution in [0.15, 0.2) is 48.8 Å². The monoisotopic (exact) mass is 270 g/mol. The Morgan fingerprint density at radius 3 is 2.55 bits per heavy atom. The molecular weight excluding hydrogens is 256 g/mol. The Bertz CT molecular complexity index is 657. The van der Waals surface area contributed by atoms with E-state index in [9.17, 15) is 9.59 Å². The average Bonchev–Trinajstić information content (AvgIpc) is 2.85. The smallest absolute Gasteiger partial charge is 0.267 e. The summed E-state index contributed by atoms with van der Waals surface area (Å²) in [7, 11) is 1.80. The van der Waals surface area contributed by atoms with Gasteiger partial charge in [-0.3, -0.25) is 14.8 Å². The first-order chi connectivity index (χ1) is 9.61. The Kier molecular flexibility index (Phi) is 4.12. The summed E-state index contributed by atoms with van der Waals surface area (Å²) in [6.45, 7) is 0. The average molecular weight is 270 g/mol. The molecule has 102 valence electrons. The van der Waals surface area contributed by atoms with E-state index in [1.165, 1.54) is 11.6 Å². The third kappa shape index (κ3) is 3.02. The number of rotatable bonds is 4. The lowest BCUT2D eigenvalue weighted by Gasteiger charge is -1.99. The number of hydrogen-bond acceptors (Lipinski definition) is 3.